The van der Waals surface area contributed by atoms with E-state index in [9.17, 15) is 4.79 Å². The number of benzene rings is 1. The Morgan fingerprint density at radius 3 is 2.62 bits per heavy atom. The van der Waals surface area contributed by atoms with E-state index in [1.807, 2.05) is 18.2 Å². The highest BCUT2D eigenvalue weighted by molar-refractivity contribution is 5.83. The van der Waals surface area contributed by atoms with E-state index in [0.29, 0.717) is 5.92 Å². The van der Waals surface area contributed by atoms with Gasteiger partial charge in [-0.1, -0.05) is 43.2 Å². The molecule has 3 heteroatoms. The Morgan fingerprint density at radius 2 is 1.92 bits per heavy atom. The summed E-state index contributed by atoms with van der Waals surface area (Å²) in [6.07, 6.45) is 8.62. The van der Waals surface area contributed by atoms with Crippen LogP contribution in [-0.4, -0.2) is 11.9 Å². The third-order valence-corrected chi connectivity index (χ3v) is 5.63. The molecule has 1 aromatic heterocycles. The predicted molar refractivity (Wildman–Crippen MR) is 93.6 cm³/mol. The minimum atomic E-state index is 0.0934. The molecule has 2 fully saturated rings. The summed E-state index contributed by atoms with van der Waals surface area (Å²) in [6.45, 7) is 0. The van der Waals surface area contributed by atoms with Crippen LogP contribution in [0.2, 0.25) is 0 Å². The van der Waals surface area contributed by atoms with Gasteiger partial charge in [-0.25, -0.2) is 0 Å². The zero-order valence-corrected chi connectivity index (χ0v) is 14.0. The van der Waals surface area contributed by atoms with Crippen molar-refractivity contribution in [3.63, 3.8) is 0 Å². The maximum atomic E-state index is 12.7. The van der Waals surface area contributed by atoms with Gasteiger partial charge in [0.05, 0.1) is 6.26 Å². The van der Waals surface area contributed by atoms with Gasteiger partial charge in [0, 0.05) is 17.9 Å². The van der Waals surface area contributed by atoms with Crippen LogP contribution in [0.1, 0.15) is 49.3 Å². The van der Waals surface area contributed by atoms with Crippen LogP contribution < -0.4 is 5.32 Å². The second-order valence-corrected chi connectivity index (χ2v) is 7.31. The topological polar surface area (TPSA) is 42.2 Å². The monoisotopic (exact) mass is 323 g/mol. The van der Waals surface area contributed by atoms with Crippen LogP contribution in [0.4, 0.5) is 0 Å². The molecule has 2 aliphatic carbocycles. The number of furan rings is 1. The van der Waals surface area contributed by atoms with Crippen molar-refractivity contribution in [2.24, 2.45) is 11.8 Å². The minimum Gasteiger partial charge on any atom is -0.469 e. The van der Waals surface area contributed by atoms with Crippen molar-refractivity contribution < 1.29 is 9.21 Å². The molecule has 2 aromatic rings. The summed E-state index contributed by atoms with van der Waals surface area (Å²) in [7, 11) is 0. The lowest BCUT2D eigenvalue weighted by Gasteiger charge is -2.25. The number of carbonyl (C=O) groups excluding carboxylic acids is 1. The van der Waals surface area contributed by atoms with Crippen molar-refractivity contribution in [3.05, 3.63) is 60.1 Å². The summed E-state index contributed by atoms with van der Waals surface area (Å²) in [5, 5.41) is 3.38. The SMILES string of the molecule is O=C(NC(Cc1ccccc1)C1CCCC1)C1CC1c1ccco1. The first-order valence-corrected chi connectivity index (χ1v) is 9.19. The van der Waals surface area contributed by atoms with Gasteiger partial charge in [-0.3, -0.25) is 4.79 Å². The fourth-order valence-electron chi connectivity index (χ4n) is 4.15. The second kappa shape index (κ2) is 6.84. The first-order chi connectivity index (χ1) is 11.8. The zero-order chi connectivity index (χ0) is 16.4. The number of amides is 1. The standard InChI is InChI=1S/C21H25NO2/c23-21(18-14-17(18)20-11-6-12-24-20)22-19(16-9-4-5-10-16)13-15-7-2-1-3-8-15/h1-3,6-8,11-12,16-19H,4-5,9-10,13-14H2,(H,22,23). The highest BCUT2D eigenvalue weighted by atomic mass is 16.3. The Morgan fingerprint density at radius 1 is 1.12 bits per heavy atom. The van der Waals surface area contributed by atoms with Crippen molar-refractivity contribution in [2.45, 2.75) is 50.5 Å². The normalized spacial score (nSPS) is 24.7. The Balaban J connectivity index is 1.41. The molecule has 24 heavy (non-hydrogen) atoms. The third-order valence-electron chi connectivity index (χ3n) is 5.63. The summed E-state index contributed by atoms with van der Waals surface area (Å²) in [6, 6.07) is 14.7. The van der Waals surface area contributed by atoms with Gasteiger partial charge in [-0.05, 0) is 49.3 Å². The molecule has 1 N–H and O–H groups in total. The molecule has 3 unspecified atom stereocenters. The molecule has 4 rings (SSSR count). The summed E-state index contributed by atoms with van der Waals surface area (Å²) in [4.78, 5) is 12.7. The molecule has 126 valence electrons. The van der Waals surface area contributed by atoms with E-state index in [1.165, 1.54) is 31.2 Å². The van der Waals surface area contributed by atoms with Gasteiger partial charge in [0.1, 0.15) is 5.76 Å². The molecule has 1 amide bonds. The lowest BCUT2D eigenvalue weighted by atomic mass is 9.92. The number of nitrogens with one attached hydrogen (secondary N) is 1. The first kappa shape index (κ1) is 15.5. The van der Waals surface area contributed by atoms with Gasteiger partial charge >= 0.3 is 0 Å². The fourth-order valence-corrected chi connectivity index (χ4v) is 4.15. The number of carbonyl (C=O) groups is 1. The summed E-state index contributed by atoms with van der Waals surface area (Å²) in [5.41, 5.74) is 1.31. The van der Waals surface area contributed by atoms with Crippen LogP contribution in [0.15, 0.2) is 53.1 Å². The molecule has 0 aliphatic heterocycles. The number of hydrogen-bond acceptors (Lipinski definition) is 2. The van der Waals surface area contributed by atoms with Crippen molar-refractivity contribution >= 4 is 5.91 Å². The Hall–Kier alpha value is -2.03. The molecule has 3 atom stereocenters. The van der Waals surface area contributed by atoms with Crippen molar-refractivity contribution in [1.82, 2.24) is 5.32 Å². The van der Waals surface area contributed by atoms with Gasteiger partial charge in [-0.2, -0.15) is 0 Å². The maximum Gasteiger partial charge on any atom is 0.224 e. The van der Waals surface area contributed by atoms with E-state index >= 15 is 0 Å². The third kappa shape index (κ3) is 3.40. The zero-order valence-electron chi connectivity index (χ0n) is 14.0. The summed E-state index contributed by atoms with van der Waals surface area (Å²) in [5.74, 6) is 2.16. The van der Waals surface area contributed by atoms with Gasteiger partial charge in [0.2, 0.25) is 5.91 Å². The fraction of sp³-hybridized carbons (Fsp3) is 0.476. The summed E-state index contributed by atoms with van der Waals surface area (Å²) < 4.78 is 5.46. The molecular weight excluding hydrogens is 298 g/mol. The Kier molecular flexibility index (Phi) is 4.42. The van der Waals surface area contributed by atoms with Gasteiger partial charge in [0.15, 0.2) is 0 Å². The first-order valence-electron chi connectivity index (χ1n) is 9.19. The second-order valence-electron chi connectivity index (χ2n) is 7.31. The highest BCUT2D eigenvalue weighted by Crippen LogP contribution is 2.47. The Bertz CT molecular complexity index is 658. The minimum absolute atomic E-state index is 0.0934. The molecule has 2 aliphatic rings. The quantitative estimate of drug-likeness (QED) is 0.861. The average molecular weight is 323 g/mol. The molecule has 0 radical (unpaired) electrons. The van der Waals surface area contributed by atoms with Crippen molar-refractivity contribution in [1.29, 1.82) is 0 Å². The molecule has 2 saturated carbocycles. The van der Waals surface area contributed by atoms with Gasteiger partial charge < -0.3 is 9.73 Å². The Labute approximate surface area is 143 Å². The molecule has 1 heterocycles. The molecule has 0 bridgehead atoms. The highest BCUT2D eigenvalue weighted by Gasteiger charge is 2.46. The molecule has 0 saturated heterocycles. The predicted octanol–water partition coefficient (Wildman–Crippen LogP) is 4.30. The van der Waals surface area contributed by atoms with Crippen LogP contribution in [0.5, 0.6) is 0 Å². The lowest BCUT2D eigenvalue weighted by molar-refractivity contribution is -0.123. The molecule has 0 spiro atoms. The van der Waals surface area contributed by atoms with E-state index in [4.69, 9.17) is 4.42 Å². The van der Waals surface area contributed by atoms with Crippen LogP contribution in [0.25, 0.3) is 0 Å². The summed E-state index contributed by atoms with van der Waals surface area (Å²) >= 11 is 0. The largest absolute Gasteiger partial charge is 0.469 e. The van der Waals surface area contributed by atoms with Crippen molar-refractivity contribution in [3.8, 4) is 0 Å². The molecule has 3 nitrogen and oxygen atoms in total. The van der Waals surface area contributed by atoms with Crippen molar-refractivity contribution in [2.75, 3.05) is 0 Å². The van der Waals surface area contributed by atoms with Crippen LogP contribution in [-0.2, 0) is 11.2 Å². The van der Waals surface area contributed by atoms with E-state index < -0.39 is 0 Å². The van der Waals surface area contributed by atoms with Gasteiger partial charge in [0.25, 0.3) is 0 Å². The number of hydrogen-bond donors (Lipinski definition) is 1. The van der Waals surface area contributed by atoms with E-state index in [-0.39, 0.29) is 23.8 Å². The lowest BCUT2D eigenvalue weighted by Crippen LogP contribution is -2.42. The van der Waals surface area contributed by atoms with Crippen LogP contribution in [0.3, 0.4) is 0 Å². The van der Waals surface area contributed by atoms with E-state index in [0.717, 1.165) is 18.6 Å². The number of rotatable bonds is 6. The average Bonchev–Trinajstić information content (AvgIpc) is 3.04. The van der Waals surface area contributed by atoms with E-state index in [2.05, 4.69) is 29.6 Å². The maximum absolute atomic E-state index is 12.7. The smallest absolute Gasteiger partial charge is 0.224 e. The molecular formula is C21H25NO2. The van der Waals surface area contributed by atoms with Crippen LogP contribution in [0, 0.1) is 11.8 Å². The molecule has 1 aromatic carbocycles. The van der Waals surface area contributed by atoms with Gasteiger partial charge in [-0.15, -0.1) is 0 Å². The van der Waals surface area contributed by atoms with E-state index in [1.54, 1.807) is 6.26 Å². The van der Waals surface area contributed by atoms with Crippen LogP contribution >= 0.6 is 0 Å².